The van der Waals surface area contributed by atoms with E-state index < -0.39 is 97.5 Å². The van der Waals surface area contributed by atoms with Crippen LogP contribution in [0.25, 0.3) is 0 Å². The molecule has 3 N–H and O–H groups in total. The molecule has 0 amide bonds. The quantitative estimate of drug-likeness (QED) is 0.0222. The standard InChI is InChI=1S/C59H114O17P2/c1-9-52(8)38-30-22-15-18-24-32-40-57(62)70-46-55(76-59(64)42-34-26-17-14-21-29-37-51(6)7)48-74-78(67,68)72-44-53(60)43-71-77(65,66)73-47-54(45-69-56(61)39-31-23-16-13-20-28-36-50(4)5)75-58(63)41-33-25-12-10-11-19-27-35-49(2)3/h49-55,60H,9-48H2,1-8H3,(H,65,66)(H,67,68)/t52?,53-,54-,55-/m1/s1. The normalized spacial score (nSPS) is 14.9. The monoisotopic (exact) mass is 1160 g/mol. The van der Waals surface area contributed by atoms with E-state index in [1.807, 2.05) is 0 Å². The average Bonchev–Trinajstić information content (AvgIpc) is 3.38. The Balaban J connectivity index is 5.25. The third-order valence-electron chi connectivity index (χ3n) is 13.7. The maximum Gasteiger partial charge on any atom is 0.472 e. The highest BCUT2D eigenvalue weighted by atomic mass is 31.2. The maximum absolute atomic E-state index is 12.9. The van der Waals surface area contributed by atoms with Gasteiger partial charge in [0.05, 0.1) is 26.4 Å². The summed E-state index contributed by atoms with van der Waals surface area (Å²) < 4.78 is 67.7. The molecular formula is C59H114O17P2. The van der Waals surface area contributed by atoms with E-state index in [0.29, 0.717) is 43.4 Å². The molecule has 3 unspecified atom stereocenters. The minimum atomic E-state index is -4.94. The smallest absolute Gasteiger partial charge is 0.462 e. The number of phosphoric ester groups is 2. The highest BCUT2D eigenvalue weighted by Crippen LogP contribution is 2.45. The van der Waals surface area contributed by atoms with Crippen LogP contribution in [-0.4, -0.2) is 96.7 Å². The van der Waals surface area contributed by atoms with Gasteiger partial charge in [0.25, 0.3) is 0 Å². The van der Waals surface area contributed by atoms with Crippen LogP contribution in [0.1, 0.15) is 274 Å². The summed E-state index contributed by atoms with van der Waals surface area (Å²) in [6.07, 6.45) is 27.1. The van der Waals surface area contributed by atoms with Gasteiger partial charge in [-0.25, -0.2) is 9.13 Å². The summed E-state index contributed by atoms with van der Waals surface area (Å²) in [6, 6.07) is 0. The van der Waals surface area contributed by atoms with Crippen molar-refractivity contribution in [2.24, 2.45) is 23.7 Å². The molecule has 0 bridgehead atoms. The van der Waals surface area contributed by atoms with Crippen molar-refractivity contribution in [2.45, 2.75) is 292 Å². The van der Waals surface area contributed by atoms with Crippen LogP contribution in [0.15, 0.2) is 0 Å². The molecule has 462 valence electrons. The van der Waals surface area contributed by atoms with Crippen LogP contribution >= 0.6 is 15.6 Å². The fraction of sp³-hybridized carbons (Fsp3) is 0.932. The summed E-state index contributed by atoms with van der Waals surface area (Å²) in [7, 11) is -9.88. The molecule has 0 heterocycles. The van der Waals surface area contributed by atoms with Crippen LogP contribution in [0.3, 0.4) is 0 Å². The minimum Gasteiger partial charge on any atom is -0.462 e. The summed E-state index contributed by atoms with van der Waals surface area (Å²) in [5, 5.41) is 10.5. The summed E-state index contributed by atoms with van der Waals surface area (Å²) in [4.78, 5) is 71.9. The fourth-order valence-corrected chi connectivity index (χ4v) is 10.1. The number of hydrogen-bond donors (Lipinski definition) is 3. The van der Waals surface area contributed by atoms with Crippen molar-refractivity contribution in [1.29, 1.82) is 0 Å². The SMILES string of the molecule is CCC(C)CCCCCCCCC(=O)OC[C@H](COP(=O)(O)OC[C@H](O)COP(=O)(O)OC[C@@H](COC(=O)CCCCCCCCC(C)C)OC(=O)CCCCCCCCCC(C)C)OC(=O)CCCCCCCCC(C)C. The second kappa shape index (κ2) is 49.7. The van der Waals surface area contributed by atoms with Crippen LogP contribution in [0.4, 0.5) is 0 Å². The highest BCUT2D eigenvalue weighted by molar-refractivity contribution is 7.47. The van der Waals surface area contributed by atoms with E-state index in [2.05, 4.69) is 55.4 Å². The molecule has 0 radical (unpaired) electrons. The summed E-state index contributed by atoms with van der Waals surface area (Å²) >= 11 is 0. The first kappa shape index (κ1) is 76.1. The zero-order valence-electron chi connectivity index (χ0n) is 50.3. The zero-order chi connectivity index (χ0) is 58.3. The lowest BCUT2D eigenvalue weighted by atomic mass is 10.00. The van der Waals surface area contributed by atoms with Crippen LogP contribution in [0, 0.1) is 23.7 Å². The van der Waals surface area contributed by atoms with Gasteiger partial charge >= 0.3 is 39.5 Å². The first-order valence-electron chi connectivity index (χ1n) is 30.7. The summed E-state index contributed by atoms with van der Waals surface area (Å²) in [5.74, 6) is 0.621. The Morgan fingerprint density at radius 2 is 0.615 bits per heavy atom. The van der Waals surface area contributed by atoms with E-state index in [-0.39, 0.29) is 25.7 Å². The first-order valence-corrected chi connectivity index (χ1v) is 33.7. The molecule has 0 aromatic heterocycles. The lowest BCUT2D eigenvalue weighted by Crippen LogP contribution is -2.30. The molecule has 0 spiro atoms. The molecule has 17 nitrogen and oxygen atoms in total. The maximum atomic E-state index is 12.9. The second-order valence-corrected chi connectivity index (χ2v) is 26.0. The molecule has 78 heavy (non-hydrogen) atoms. The third kappa shape index (κ3) is 52.2. The van der Waals surface area contributed by atoms with E-state index >= 15 is 0 Å². The van der Waals surface area contributed by atoms with Gasteiger partial charge in [0.15, 0.2) is 12.2 Å². The van der Waals surface area contributed by atoms with Crippen molar-refractivity contribution >= 4 is 39.5 Å². The topological polar surface area (TPSA) is 237 Å². The van der Waals surface area contributed by atoms with Crippen molar-refractivity contribution in [3.8, 4) is 0 Å². The Hall–Kier alpha value is -1.94. The van der Waals surface area contributed by atoms with E-state index in [1.165, 1.54) is 64.2 Å². The van der Waals surface area contributed by atoms with Gasteiger partial charge in [0.1, 0.15) is 19.3 Å². The molecular weight excluding hydrogens is 1040 g/mol. The number of carbonyl (C=O) groups is 4. The first-order chi connectivity index (χ1) is 37.1. The van der Waals surface area contributed by atoms with Gasteiger partial charge < -0.3 is 33.8 Å². The molecule has 0 aromatic rings. The van der Waals surface area contributed by atoms with E-state index in [9.17, 15) is 43.2 Å². The van der Waals surface area contributed by atoms with Crippen molar-refractivity contribution in [3.05, 3.63) is 0 Å². The number of hydrogen-bond acceptors (Lipinski definition) is 15. The molecule has 0 saturated carbocycles. The predicted molar refractivity (Wildman–Crippen MR) is 307 cm³/mol. The molecule has 0 rings (SSSR count). The number of phosphoric acid groups is 2. The lowest BCUT2D eigenvalue weighted by molar-refractivity contribution is -0.161. The fourth-order valence-electron chi connectivity index (χ4n) is 8.51. The predicted octanol–water partition coefficient (Wildman–Crippen LogP) is 15.4. The van der Waals surface area contributed by atoms with Crippen LogP contribution < -0.4 is 0 Å². The molecule has 0 aliphatic rings. The Kier molecular flexibility index (Phi) is 48.4. The van der Waals surface area contributed by atoms with Crippen molar-refractivity contribution in [2.75, 3.05) is 39.6 Å². The third-order valence-corrected chi connectivity index (χ3v) is 15.6. The van der Waals surface area contributed by atoms with Crippen molar-refractivity contribution < 1.29 is 80.2 Å². The largest absolute Gasteiger partial charge is 0.472 e. The van der Waals surface area contributed by atoms with E-state index in [1.54, 1.807) is 0 Å². The van der Waals surface area contributed by atoms with Gasteiger partial charge in [-0.3, -0.25) is 37.3 Å². The van der Waals surface area contributed by atoms with E-state index in [0.717, 1.165) is 109 Å². The molecule has 0 aliphatic heterocycles. The Bertz CT molecular complexity index is 1580. The minimum absolute atomic E-state index is 0.100. The van der Waals surface area contributed by atoms with Gasteiger partial charge in [-0.15, -0.1) is 0 Å². The summed E-state index contributed by atoms with van der Waals surface area (Å²) in [6.45, 7) is 13.8. The van der Waals surface area contributed by atoms with Crippen LogP contribution in [0.5, 0.6) is 0 Å². The second-order valence-electron chi connectivity index (χ2n) is 23.1. The highest BCUT2D eigenvalue weighted by Gasteiger charge is 2.30. The Morgan fingerprint density at radius 3 is 0.910 bits per heavy atom. The van der Waals surface area contributed by atoms with Crippen LogP contribution in [0.2, 0.25) is 0 Å². The van der Waals surface area contributed by atoms with Gasteiger partial charge in [0.2, 0.25) is 0 Å². The number of esters is 4. The molecule has 0 aromatic carbocycles. The number of ether oxygens (including phenoxy) is 4. The molecule has 0 saturated heterocycles. The molecule has 19 heteroatoms. The number of aliphatic hydroxyl groups is 1. The Morgan fingerprint density at radius 1 is 0.359 bits per heavy atom. The van der Waals surface area contributed by atoms with Gasteiger partial charge in [-0.2, -0.15) is 0 Å². The number of unbranched alkanes of at least 4 members (excludes halogenated alkanes) is 21. The van der Waals surface area contributed by atoms with Crippen LogP contribution in [-0.2, 0) is 65.4 Å². The van der Waals surface area contributed by atoms with Gasteiger partial charge in [-0.05, 0) is 49.4 Å². The summed E-state index contributed by atoms with van der Waals surface area (Å²) in [5.41, 5.74) is 0. The number of carbonyl (C=O) groups excluding carboxylic acids is 4. The van der Waals surface area contributed by atoms with Crippen molar-refractivity contribution in [1.82, 2.24) is 0 Å². The van der Waals surface area contributed by atoms with Gasteiger partial charge in [-0.1, -0.05) is 222 Å². The molecule has 6 atom stereocenters. The lowest BCUT2D eigenvalue weighted by Gasteiger charge is -2.21. The number of rotatable bonds is 56. The average molecular weight is 1160 g/mol. The van der Waals surface area contributed by atoms with E-state index in [4.69, 9.17) is 37.0 Å². The molecule has 0 aliphatic carbocycles. The van der Waals surface area contributed by atoms with Crippen molar-refractivity contribution in [3.63, 3.8) is 0 Å². The molecule has 0 fully saturated rings. The Labute approximate surface area is 473 Å². The zero-order valence-corrected chi connectivity index (χ0v) is 52.1. The number of aliphatic hydroxyl groups excluding tert-OH is 1. The van der Waals surface area contributed by atoms with Gasteiger partial charge in [0, 0.05) is 25.7 Å².